The van der Waals surface area contributed by atoms with E-state index in [1.807, 2.05) is 60.7 Å². The number of benzene rings is 2. The van der Waals surface area contributed by atoms with Crippen LogP contribution in [0.2, 0.25) is 0 Å². The molecule has 2 aliphatic rings. The number of rotatable bonds is 15. The Kier molecular flexibility index (Phi) is 14.5. The summed E-state index contributed by atoms with van der Waals surface area (Å²) in [5, 5.41) is 13.0. The maximum absolute atomic E-state index is 14.9. The van der Waals surface area contributed by atoms with Gasteiger partial charge in [-0.2, -0.15) is 0 Å². The van der Waals surface area contributed by atoms with Gasteiger partial charge in [0, 0.05) is 20.3 Å². The van der Waals surface area contributed by atoms with Crippen molar-refractivity contribution < 1.29 is 67.0 Å². The van der Waals surface area contributed by atoms with E-state index in [1.165, 1.54) is 41.5 Å². The zero-order chi connectivity index (χ0) is 44.2. The molecule has 2 heterocycles. The van der Waals surface area contributed by atoms with Gasteiger partial charge in [-0.3, -0.25) is 9.59 Å². The van der Waals surface area contributed by atoms with E-state index in [2.05, 4.69) is 6.92 Å². The zero-order valence-corrected chi connectivity index (χ0v) is 36.5. The molecule has 14 nitrogen and oxygen atoms in total. The van der Waals surface area contributed by atoms with Gasteiger partial charge in [0.1, 0.15) is 16.8 Å². The molecule has 326 valence electrons. The molecule has 14 heteroatoms. The number of hydrogen-bond donors (Lipinski definition) is 1. The Labute approximate surface area is 347 Å². The van der Waals surface area contributed by atoms with Crippen molar-refractivity contribution in [2.45, 2.75) is 174 Å². The maximum Gasteiger partial charge on any atom is 0.347 e. The van der Waals surface area contributed by atoms with Crippen molar-refractivity contribution in [1.29, 1.82) is 0 Å². The SMILES string of the molecule is CC(=O)O[C@@H]1[C@@H](OC(C)=O)[C@@]2(CCC[C@@H](OCc3ccccc3)[C@H](C)Cc3ccccc3)O[C@H](C(=O)OC(C)(C)C)[C@@](O)(C(=O)OC(C)(C)C)C1(C(=O)OC(C)(C)C)O2. The summed E-state index contributed by atoms with van der Waals surface area (Å²) in [5.74, 6) is -8.53. The predicted molar refractivity (Wildman–Crippen MR) is 213 cm³/mol. The average molecular weight is 827 g/mol. The Bertz CT molecular complexity index is 1790. The highest BCUT2D eigenvalue weighted by Crippen LogP contribution is 2.58. The Hall–Kier alpha value is -4.37. The van der Waals surface area contributed by atoms with E-state index in [0.717, 1.165) is 25.0 Å². The molecule has 1 N–H and O–H groups in total. The first kappa shape index (κ1) is 47.3. The van der Waals surface area contributed by atoms with Gasteiger partial charge in [0.15, 0.2) is 12.2 Å². The lowest BCUT2D eigenvalue weighted by Crippen LogP contribution is -2.79. The first-order chi connectivity index (χ1) is 27.2. The fourth-order valence-electron chi connectivity index (χ4n) is 7.44. The summed E-state index contributed by atoms with van der Waals surface area (Å²) >= 11 is 0. The van der Waals surface area contributed by atoms with Crippen LogP contribution in [0.1, 0.15) is 113 Å². The highest BCUT2D eigenvalue weighted by Gasteiger charge is 2.87. The third kappa shape index (κ3) is 11.3. The Morgan fingerprint density at radius 3 is 1.71 bits per heavy atom. The number of aliphatic hydroxyl groups is 1. The molecule has 0 amide bonds. The van der Waals surface area contributed by atoms with Gasteiger partial charge in [-0.1, -0.05) is 67.6 Å². The molecule has 0 spiro atoms. The molecule has 4 rings (SSSR count). The topological polar surface area (TPSA) is 179 Å². The lowest BCUT2D eigenvalue weighted by atomic mass is 9.74. The minimum atomic E-state index is -3.46. The minimum Gasteiger partial charge on any atom is -0.458 e. The average Bonchev–Trinajstić information content (AvgIpc) is 3.32. The number of carbonyl (C=O) groups is 5. The highest BCUT2D eigenvalue weighted by atomic mass is 16.8. The fraction of sp³-hybridized carbons (Fsp3) is 0.622. The van der Waals surface area contributed by atoms with Crippen LogP contribution in [0.15, 0.2) is 60.7 Å². The second kappa shape index (κ2) is 18.1. The molecule has 0 aromatic heterocycles. The fourth-order valence-corrected chi connectivity index (χ4v) is 7.44. The molecule has 2 aliphatic heterocycles. The van der Waals surface area contributed by atoms with E-state index in [0.29, 0.717) is 19.4 Å². The summed E-state index contributed by atoms with van der Waals surface area (Å²) in [6, 6.07) is 19.6. The largest absolute Gasteiger partial charge is 0.458 e. The molecule has 1 unspecified atom stereocenters. The summed E-state index contributed by atoms with van der Waals surface area (Å²) in [4.78, 5) is 69.8. The van der Waals surface area contributed by atoms with Crippen LogP contribution < -0.4 is 0 Å². The molecule has 2 fully saturated rings. The Morgan fingerprint density at radius 2 is 1.20 bits per heavy atom. The number of carbonyl (C=O) groups excluding carboxylic acids is 5. The Balaban J connectivity index is 1.91. The lowest BCUT2D eigenvalue weighted by molar-refractivity contribution is -0.378. The molecule has 0 saturated carbocycles. The zero-order valence-electron chi connectivity index (χ0n) is 36.5. The summed E-state index contributed by atoms with van der Waals surface area (Å²) in [5.41, 5.74) is -8.35. The van der Waals surface area contributed by atoms with Crippen molar-refractivity contribution in [3.63, 3.8) is 0 Å². The normalized spacial score (nSPS) is 26.6. The van der Waals surface area contributed by atoms with Gasteiger partial charge < -0.3 is 43.0 Å². The summed E-state index contributed by atoms with van der Waals surface area (Å²) in [6.45, 7) is 18.2. The van der Waals surface area contributed by atoms with Crippen LogP contribution >= 0.6 is 0 Å². The van der Waals surface area contributed by atoms with Gasteiger partial charge in [-0.05, 0) is 98.6 Å². The lowest BCUT2D eigenvalue weighted by Gasteiger charge is -2.51. The van der Waals surface area contributed by atoms with Crippen LogP contribution in [0.3, 0.4) is 0 Å². The minimum absolute atomic E-state index is 0.0268. The van der Waals surface area contributed by atoms with Crippen LogP contribution in [0.25, 0.3) is 0 Å². The number of ether oxygens (including phenoxy) is 8. The maximum atomic E-state index is 14.9. The van der Waals surface area contributed by atoms with Crippen LogP contribution in [0.5, 0.6) is 0 Å². The summed E-state index contributed by atoms with van der Waals surface area (Å²) in [6.07, 6.45) is -5.74. The van der Waals surface area contributed by atoms with Crippen molar-refractivity contribution in [2.24, 2.45) is 5.92 Å². The van der Waals surface area contributed by atoms with Crippen molar-refractivity contribution in [3.05, 3.63) is 71.8 Å². The standard InChI is InChI=1S/C45H62O14/c1-28(26-31-20-15-13-16-21-31)33(52-27-32-22-17-14-18-23-32)24-19-25-43-34(53-29(2)46)35(54-30(3)47)45(59-43,39(50)58-42(10,11)12)44(51,38(49)57-41(7,8)9)36(55-43)37(48)56-40(4,5)6/h13-18,20-23,28,33-36,51H,19,24-27H2,1-12H3/t28-,33-,34-,35-,36-,43+,44-,45?/m1/s1. The van der Waals surface area contributed by atoms with Gasteiger partial charge in [0.05, 0.1) is 12.7 Å². The molecular weight excluding hydrogens is 764 g/mol. The molecule has 8 atom stereocenters. The second-order valence-corrected chi connectivity index (χ2v) is 18.4. The molecule has 59 heavy (non-hydrogen) atoms. The molecule has 2 aromatic carbocycles. The number of hydrogen-bond acceptors (Lipinski definition) is 14. The van der Waals surface area contributed by atoms with Gasteiger partial charge >= 0.3 is 29.8 Å². The second-order valence-electron chi connectivity index (χ2n) is 18.4. The van der Waals surface area contributed by atoms with E-state index in [-0.39, 0.29) is 24.9 Å². The van der Waals surface area contributed by atoms with Crippen LogP contribution in [0.4, 0.5) is 0 Å². The summed E-state index contributed by atoms with van der Waals surface area (Å²) in [7, 11) is 0. The predicted octanol–water partition coefficient (Wildman–Crippen LogP) is 6.10. The molecule has 0 aliphatic carbocycles. The van der Waals surface area contributed by atoms with E-state index in [4.69, 9.17) is 37.9 Å². The first-order valence-corrected chi connectivity index (χ1v) is 20.1. The van der Waals surface area contributed by atoms with Crippen molar-refractivity contribution in [2.75, 3.05) is 0 Å². The van der Waals surface area contributed by atoms with E-state index < -0.39 is 82.0 Å². The van der Waals surface area contributed by atoms with Crippen LogP contribution in [-0.2, 0) is 74.9 Å². The summed E-state index contributed by atoms with van der Waals surface area (Å²) < 4.78 is 48.4. The smallest absolute Gasteiger partial charge is 0.347 e. The molecule has 2 bridgehead atoms. The van der Waals surface area contributed by atoms with E-state index in [9.17, 15) is 29.1 Å². The van der Waals surface area contributed by atoms with E-state index in [1.54, 1.807) is 20.8 Å². The Morgan fingerprint density at radius 1 is 0.712 bits per heavy atom. The monoisotopic (exact) mass is 826 g/mol. The van der Waals surface area contributed by atoms with Crippen molar-refractivity contribution in [1.82, 2.24) is 0 Å². The molecule has 2 aromatic rings. The quantitative estimate of drug-likeness (QED) is 0.161. The van der Waals surface area contributed by atoms with Gasteiger partial charge in [-0.25, -0.2) is 14.4 Å². The molecule has 2 saturated heterocycles. The van der Waals surface area contributed by atoms with Crippen LogP contribution in [-0.4, -0.2) is 93.2 Å². The van der Waals surface area contributed by atoms with Crippen molar-refractivity contribution in [3.8, 4) is 0 Å². The molecule has 0 radical (unpaired) electrons. The third-order valence-corrected chi connectivity index (χ3v) is 9.68. The number of fused-ring (bicyclic) bond motifs is 2. The highest BCUT2D eigenvalue weighted by molar-refractivity contribution is 6.00. The third-order valence-electron chi connectivity index (χ3n) is 9.68. The first-order valence-electron chi connectivity index (χ1n) is 20.1. The van der Waals surface area contributed by atoms with Gasteiger partial charge in [0.2, 0.25) is 17.5 Å². The van der Waals surface area contributed by atoms with E-state index >= 15 is 0 Å². The number of esters is 5. The van der Waals surface area contributed by atoms with Crippen LogP contribution in [0, 0.1) is 5.92 Å². The van der Waals surface area contributed by atoms with Crippen molar-refractivity contribution >= 4 is 29.8 Å². The van der Waals surface area contributed by atoms with Gasteiger partial charge in [-0.15, -0.1) is 0 Å². The molecular formula is C45H62O14. The van der Waals surface area contributed by atoms with Gasteiger partial charge in [0.25, 0.3) is 5.60 Å².